The van der Waals surface area contributed by atoms with Crippen molar-refractivity contribution < 1.29 is 19.2 Å². The van der Waals surface area contributed by atoms with Crippen molar-refractivity contribution in [3.05, 3.63) is 22.2 Å². The molecule has 108 valence electrons. The molecule has 0 saturated carbocycles. The fraction of sp³-hybridized carbons (Fsp3) is 0.417. The highest BCUT2D eigenvalue weighted by atomic mass is 35.5. The number of rotatable bonds is 6. The van der Waals surface area contributed by atoms with E-state index in [0.717, 1.165) is 6.42 Å². The lowest BCUT2D eigenvalue weighted by atomic mass is 10.2. The number of nitro benzene ring substituents is 1. The first-order chi connectivity index (χ1) is 9.61. The summed E-state index contributed by atoms with van der Waals surface area (Å²) in [7, 11) is 0. The molecule has 1 aromatic rings. The van der Waals surface area contributed by atoms with E-state index in [2.05, 4.69) is 5.32 Å². The second-order valence-corrected chi connectivity index (χ2v) is 4.55. The SMILES string of the molecule is O=C(CCCCCl)Nc1cc2c(cc1[N+](=O)[O-])OCO2. The Morgan fingerprint density at radius 3 is 2.70 bits per heavy atom. The maximum Gasteiger partial charge on any atom is 0.296 e. The lowest BCUT2D eigenvalue weighted by Gasteiger charge is -2.07. The number of halogens is 1. The first-order valence-electron chi connectivity index (χ1n) is 6.05. The van der Waals surface area contributed by atoms with Gasteiger partial charge in [-0.25, -0.2) is 0 Å². The molecule has 1 aliphatic rings. The van der Waals surface area contributed by atoms with Crippen molar-refractivity contribution in [2.24, 2.45) is 0 Å². The minimum absolute atomic E-state index is 0.0135. The Bertz CT molecular complexity index is 535. The third kappa shape index (κ3) is 3.30. The minimum Gasteiger partial charge on any atom is -0.454 e. The molecule has 7 nitrogen and oxygen atoms in total. The van der Waals surface area contributed by atoms with Crippen LogP contribution in [0.25, 0.3) is 0 Å². The van der Waals surface area contributed by atoms with Gasteiger partial charge in [0.15, 0.2) is 11.5 Å². The summed E-state index contributed by atoms with van der Waals surface area (Å²) in [5.41, 5.74) is -0.116. The Morgan fingerprint density at radius 1 is 1.35 bits per heavy atom. The number of alkyl halides is 1. The Labute approximate surface area is 120 Å². The fourth-order valence-corrected chi connectivity index (χ4v) is 1.96. The van der Waals surface area contributed by atoms with Gasteiger partial charge in [0.25, 0.3) is 5.69 Å². The average molecular weight is 301 g/mol. The first-order valence-corrected chi connectivity index (χ1v) is 6.59. The number of hydrogen-bond acceptors (Lipinski definition) is 5. The van der Waals surface area contributed by atoms with Crippen LogP contribution in [0.4, 0.5) is 11.4 Å². The molecule has 0 spiro atoms. The van der Waals surface area contributed by atoms with Crippen LogP contribution in [-0.2, 0) is 4.79 Å². The van der Waals surface area contributed by atoms with Gasteiger partial charge in [0, 0.05) is 18.4 Å². The number of anilines is 1. The zero-order valence-electron chi connectivity index (χ0n) is 10.6. The van der Waals surface area contributed by atoms with Crippen LogP contribution in [0.15, 0.2) is 12.1 Å². The quantitative estimate of drug-likeness (QED) is 0.377. The van der Waals surface area contributed by atoms with Crippen LogP contribution in [0.5, 0.6) is 11.5 Å². The molecule has 0 atom stereocenters. The zero-order valence-corrected chi connectivity index (χ0v) is 11.3. The number of unbranched alkanes of at least 4 members (excludes halogenated alkanes) is 1. The predicted molar refractivity (Wildman–Crippen MR) is 72.4 cm³/mol. The summed E-state index contributed by atoms with van der Waals surface area (Å²) in [4.78, 5) is 22.1. The van der Waals surface area contributed by atoms with E-state index in [-0.39, 0.29) is 30.5 Å². The Hall–Kier alpha value is -2.02. The van der Waals surface area contributed by atoms with E-state index in [4.69, 9.17) is 21.1 Å². The highest BCUT2D eigenvalue weighted by molar-refractivity contribution is 6.17. The number of ether oxygens (including phenoxy) is 2. The molecule has 0 fully saturated rings. The van der Waals surface area contributed by atoms with Gasteiger partial charge in [0.2, 0.25) is 12.7 Å². The number of amides is 1. The maximum atomic E-state index is 11.7. The van der Waals surface area contributed by atoms with E-state index in [1.807, 2.05) is 0 Å². The largest absolute Gasteiger partial charge is 0.454 e. The number of nitro groups is 1. The van der Waals surface area contributed by atoms with Crippen molar-refractivity contribution in [3.63, 3.8) is 0 Å². The molecular formula is C12H13ClN2O5. The molecule has 0 bridgehead atoms. The normalized spacial score (nSPS) is 12.2. The third-order valence-corrected chi connectivity index (χ3v) is 3.02. The van der Waals surface area contributed by atoms with E-state index in [1.54, 1.807) is 0 Å². The fourth-order valence-electron chi connectivity index (χ4n) is 1.78. The summed E-state index contributed by atoms with van der Waals surface area (Å²) < 4.78 is 10.2. The van der Waals surface area contributed by atoms with E-state index >= 15 is 0 Å². The van der Waals surface area contributed by atoms with Crippen molar-refractivity contribution in [1.29, 1.82) is 0 Å². The number of benzene rings is 1. The van der Waals surface area contributed by atoms with Gasteiger partial charge in [-0.1, -0.05) is 0 Å². The molecule has 1 amide bonds. The van der Waals surface area contributed by atoms with Gasteiger partial charge < -0.3 is 14.8 Å². The molecule has 1 aliphatic heterocycles. The topological polar surface area (TPSA) is 90.7 Å². The van der Waals surface area contributed by atoms with Crippen LogP contribution in [0.1, 0.15) is 19.3 Å². The van der Waals surface area contributed by atoms with Gasteiger partial charge >= 0.3 is 0 Å². The summed E-state index contributed by atoms with van der Waals surface area (Å²) >= 11 is 5.52. The van der Waals surface area contributed by atoms with Gasteiger partial charge in [-0.15, -0.1) is 11.6 Å². The number of nitrogens with one attached hydrogen (secondary N) is 1. The van der Waals surface area contributed by atoms with Crippen LogP contribution in [-0.4, -0.2) is 23.5 Å². The second-order valence-electron chi connectivity index (χ2n) is 4.17. The Morgan fingerprint density at radius 2 is 2.05 bits per heavy atom. The molecular weight excluding hydrogens is 288 g/mol. The van der Waals surface area contributed by atoms with Crippen molar-refractivity contribution >= 4 is 28.9 Å². The van der Waals surface area contributed by atoms with E-state index in [1.165, 1.54) is 12.1 Å². The van der Waals surface area contributed by atoms with Gasteiger partial charge in [-0.2, -0.15) is 0 Å². The molecule has 1 N–H and O–H groups in total. The van der Waals surface area contributed by atoms with E-state index < -0.39 is 4.92 Å². The molecule has 2 rings (SSSR count). The molecule has 20 heavy (non-hydrogen) atoms. The smallest absolute Gasteiger partial charge is 0.296 e. The highest BCUT2D eigenvalue weighted by Crippen LogP contribution is 2.40. The van der Waals surface area contributed by atoms with Gasteiger partial charge in [0.1, 0.15) is 5.69 Å². The average Bonchev–Trinajstić information content (AvgIpc) is 2.85. The number of fused-ring (bicyclic) bond motifs is 1. The highest BCUT2D eigenvalue weighted by Gasteiger charge is 2.24. The summed E-state index contributed by atoms with van der Waals surface area (Å²) in [6.07, 6.45) is 1.62. The molecule has 0 unspecified atom stereocenters. The van der Waals surface area contributed by atoms with Gasteiger partial charge in [-0.3, -0.25) is 14.9 Å². The second kappa shape index (κ2) is 6.42. The van der Waals surface area contributed by atoms with Crippen LogP contribution in [0.2, 0.25) is 0 Å². The molecule has 0 radical (unpaired) electrons. The van der Waals surface area contributed by atoms with Gasteiger partial charge in [0.05, 0.1) is 11.0 Å². The maximum absolute atomic E-state index is 11.7. The summed E-state index contributed by atoms with van der Waals surface area (Å²) in [6.45, 7) is 0.0135. The standard InChI is InChI=1S/C12H13ClN2O5/c13-4-2-1-3-12(16)14-8-5-10-11(20-7-19-10)6-9(8)15(17)18/h5-6H,1-4,7H2,(H,14,16). The van der Waals surface area contributed by atoms with E-state index in [0.29, 0.717) is 23.8 Å². The molecule has 0 saturated heterocycles. The minimum atomic E-state index is -0.573. The lowest BCUT2D eigenvalue weighted by Crippen LogP contribution is -2.12. The van der Waals surface area contributed by atoms with Crippen molar-refractivity contribution in [1.82, 2.24) is 0 Å². The first kappa shape index (κ1) is 14.4. The van der Waals surface area contributed by atoms with Crippen LogP contribution in [0.3, 0.4) is 0 Å². The van der Waals surface area contributed by atoms with Gasteiger partial charge in [-0.05, 0) is 12.8 Å². The predicted octanol–water partition coefficient (Wildman–Crippen LogP) is 2.67. The van der Waals surface area contributed by atoms with Crippen molar-refractivity contribution in [2.75, 3.05) is 18.0 Å². The summed E-state index contributed by atoms with van der Waals surface area (Å²) in [5.74, 6) is 0.873. The number of carbonyl (C=O) groups is 1. The molecule has 1 aromatic carbocycles. The Kier molecular flexibility index (Phi) is 4.62. The van der Waals surface area contributed by atoms with Crippen LogP contribution < -0.4 is 14.8 Å². The summed E-state index contributed by atoms with van der Waals surface area (Å²) in [5, 5.41) is 13.5. The lowest BCUT2D eigenvalue weighted by molar-refractivity contribution is -0.384. The summed E-state index contributed by atoms with van der Waals surface area (Å²) in [6, 6.07) is 2.65. The molecule has 0 aliphatic carbocycles. The number of hydrogen-bond donors (Lipinski definition) is 1. The van der Waals surface area contributed by atoms with Crippen LogP contribution in [0, 0.1) is 10.1 Å². The number of carbonyl (C=O) groups excluding carboxylic acids is 1. The zero-order chi connectivity index (χ0) is 14.5. The third-order valence-electron chi connectivity index (χ3n) is 2.75. The monoisotopic (exact) mass is 300 g/mol. The van der Waals surface area contributed by atoms with Crippen LogP contribution >= 0.6 is 11.6 Å². The van der Waals surface area contributed by atoms with Crippen molar-refractivity contribution in [3.8, 4) is 11.5 Å². The molecule has 1 heterocycles. The molecule has 8 heteroatoms. The van der Waals surface area contributed by atoms with Crippen molar-refractivity contribution in [2.45, 2.75) is 19.3 Å². The Balaban J connectivity index is 2.13. The number of nitrogens with zero attached hydrogens (tertiary/aromatic N) is 1. The van der Waals surface area contributed by atoms with E-state index in [9.17, 15) is 14.9 Å². The molecule has 0 aromatic heterocycles.